The first-order valence-corrected chi connectivity index (χ1v) is 7.11. The minimum Gasteiger partial charge on any atom is -0.406 e. The maximum atomic E-state index is 13.7. The maximum absolute atomic E-state index is 13.7. The smallest absolute Gasteiger partial charge is 0.406 e. The van der Waals surface area contributed by atoms with Gasteiger partial charge in [-0.3, -0.25) is 4.40 Å². The number of ether oxygens (including phenoxy) is 1. The number of halogens is 5. The third-order valence-corrected chi connectivity index (χ3v) is 3.40. The standard InChI is InChI=1S/C16H9F5N4O/c1-15(17,18)14-24-12(6-22)13-23-7-10(8-25(13)14)9-2-4-11(5-3-9)26-16(19,20)21/h2-5,7-8H,1H3. The van der Waals surface area contributed by atoms with E-state index in [0.29, 0.717) is 18.1 Å². The van der Waals surface area contributed by atoms with Crippen LogP contribution < -0.4 is 4.74 Å². The SMILES string of the molecule is CC(F)(F)c1nc(C#N)c2ncc(-c3ccc(OC(F)(F)F)cc3)cn12. The number of fused-ring (bicyclic) bond motifs is 1. The number of imidazole rings is 1. The Hall–Kier alpha value is -3.22. The first-order valence-electron chi connectivity index (χ1n) is 7.11. The van der Waals surface area contributed by atoms with E-state index in [0.717, 1.165) is 16.5 Å². The normalized spacial score (nSPS) is 12.2. The van der Waals surface area contributed by atoms with Gasteiger partial charge in [-0.05, 0) is 17.7 Å². The van der Waals surface area contributed by atoms with Crippen molar-refractivity contribution in [2.75, 3.05) is 0 Å². The Morgan fingerprint density at radius 3 is 2.27 bits per heavy atom. The van der Waals surface area contributed by atoms with Gasteiger partial charge in [0.05, 0.1) is 0 Å². The van der Waals surface area contributed by atoms with Crippen molar-refractivity contribution in [1.82, 2.24) is 14.4 Å². The number of aromatic nitrogens is 3. The van der Waals surface area contributed by atoms with E-state index in [-0.39, 0.29) is 11.3 Å². The van der Waals surface area contributed by atoms with Crippen molar-refractivity contribution >= 4 is 5.65 Å². The first kappa shape index (κ1) is 17.6. The third kappa shape index (κ3) is 3.42. The molecule has 5 nitrogen and oxygen atoms in total. The molecule has 0 bridgehead atoms. The predicted octanol–water partition coefficient (Wildman–Crippen LogP) is 4.28. The molecule has 0 aliphatic carbocycles. The molecule has 134 valence electrons. The number of benzene rings is 1. The fraction of sp³-hybridized carbons (Fsp3) is 0.188. The molecular weight excluding hydrogens is 359 g/mol. The van der Waals surface area contributed by atoms with E-state index in [9.17, 15) is 22.0 Å². The van der Waals surface area contributed by atoms with Crippen molar-refractivity contribution in [3.8, 4) is 22.9 Å². The largest absolute Gasteiger partial charge is 0.573 e. The second-order valence-corrected chi connectivity index (χ2v) is 5.39. The molecule has 10 heteroatoms. The van der Waals surface area contributed by atoms with E-state index in [1.165, 1.54) is 24.5 Å². The van der Waals surface area contributed by atoms with Crippen LogP contribution in [0.2, 0.25) is 0 Å². The molecule has 0 amide bonds. The summed E-state index contributed by atoms with van der Waals surface area (Å²) in [6.45, 7) is 0.638. The Kier molecular flexibility index (Phi) is 4.02. The molecule has 26 heavy (non-hydrogen) atoms. The summed E-state index contributed by atoms with van der Waals surface area (Å²) in [6, 6.07) is 6.55. The summed E-state index contributed by atoms with van der Waals surface area (Å²) in [7, 11) is 0. The number of nitriles is 1. The average Bonchev–Trinajstić information content (AvgIpc) is 2.92. The summed E-state index contributed by atoms with van der Waals surface area (Å²) in [5.74, 6) is -4.39. The van der Waals surface area contributed by atoms with Crippen LogP contribution in [0.25, 0.3) is 16.8 Å². The summed E-state index contributed by atoms with van der Waals surface area (Å²) < 4.78 is 68.8. The molecular formula is C16H9F5N4O. The molecule has 0 N–H and O–H groups in total. The van der Waals surface area contributed by atoms with Crippen LogP contribution in [0, 0.1) is 11.3 Å². The van der Waals surface area contributed by atoms with Crippen LogP contribution in [0.4, 0.5) is 22.0 Å². The van der Waals surface area contributed by atoms with Crippen LogP contribution >= 0.6 is 0 Å². The van der Waals surface area contributed by atoms with Gasteiger partial charge in [-0.15, -0.1) is 13.2 Å². The fourth-order valence-corrected chi connectivity index (χ4v) is 2.36. The first-order chi connectivity index (χ1) is 12.1. The van der Waals surface area contributed by atoms with Gasteiger partial charge in [-0.1, -0.05) is 12.1 Å². The Bertz CT molecular complexity index is 997. The average molecular weight is 368 g/mol. The van der Waals surface area contributed by atoms with Crippen molar-refractivity contribution in [2.24, 2.45) is 0 Å². The van der Waals surface area contributed by atoms with Gasteiger partial charge in [0.25, 0.3) is 0 Å². The lowest BCUT2D eigenvalue weighted by atomic mass is 10.1. The molecule has 0 radical (unpaired) electrons. The van der Waals surface area contributed by atoms with Gasteiger partial charge < -0.3 is 4.74 Å². The second-order valence-electron chi connectivity index (χ2n) is 5.39. The number of rotatable bonds is 3. The van der Waals surface area contributed by atoms with Crippen LogP contribution in [0.1, 0.15) is 18.4 Å². The van der Waals surface area contributed by atoms with Gasteiger partial charge >= 0.3 is 12.3 Å². The van der Waals surface area contributed by atoms with Crippen molar-refractivity contribution in [3.63, 3.8) is 0 Å². The van der Waals surface area contributed by atoms with Crippen LogP contribution in [0.15, 0.2) is 36.7 Å². The number of hydrogen-bond acceptors (Lipinski definition) is 4. The van der Waals surface area contributed by atoms with E-state index in [1.807, 2.05) is 0 Å². The predicted molar refractivity (Wildman–Crippen MR) is 79.4 cm³/mol. The molecule has 3 aromatic rings. The molecule has 3 rings (SSSR count). The molecule has 2 aromatic heterocycles. The Morgan fingerprint density at radius 2 is 1.73 bits per heavy atom. The van der Waals surface area contributed by atoms with E-state index in [1.54, 1.807) is 6.07 Å². The van der Waals surface area contributed by atoms with Gasteiger partial charge in [-0.25, -0.2) is 9.97 Å². The van der Waals surface area contributed by atoms with Crippen LogP contribution in [0.3, 0.4) is 0 Å². The van der Waals surface area contributed by atoms with Crippen LogP contribution in [-0.4, -0.2) is 20.7 Å². The molecule has 0 unspecified atom stereocenters. The highest BCUT2D eigenvalue weighted by Crippen LogP contribution is 2.30. The number of alkyl halides is 5. The Balaban J connectivity index is 2.05. The maximum Gasteiger partial charge on any atom is 0.573 e. The molecule has 1 aromatic carbocycles. The minimum absolute atomic E-state index is 0.0372. The zero-order valence-electron chi connectivity index (χ0n) is 13.1. The fourth-order valence-electron chi connectivity index (χ4n) is 2.36. The van der Waals surface area contributed by atoms with Gasteiger partial charge in [0.2, 0.25) is 0 Å². The van der Waals surface area contributed by atoms with Crippen LogP contribution in [-0.2, 0) is 5.92 Å². The molecule has 0 saturated heterocycles. The van der Waals surface area contributed by atoms with Gasteiger partial charge in [0.15, 0.2) is 17.2 Å². The van der Waals surface area contributed by atoms with Crippen molar-refractivity contribution in [3.05, 3.63) is 48.2 Å². The summed E-state index contributed by atoms with van der Waals surface area (Å²) >= 11 is 0. The van der Waals surface area contributed by atoms with Gasteiger partial charge in [0, 0.05) is 24.9 Å². The van der Waals surface area contributed by atoms with Crippen molar-refractivity contribution in [1.29, 1.82) is 5.26 Å². The highest BCUT2D eigenvalue weighted by Gasteiger charge is 2.32. The molecule has 0 saturated carbocycles. The highest BCUT2D eigenvalue weighted by molar-refractivity contribution is 5.65. The summed E-state index contributed by atoms with van der Waals surface area (Å²) in [6.07, 6.45) is -2.20. The minimum atomic E-state index is -4.81. The van der Waals surface area contributed by atoms with Gasteiger partial charge in [-0.2, -0.15) is 14.0 Å². The molecule has 0 atom stereocenters. The lowest BCUT2D eigenvalue weighted by Gasteiger charge is -2.11. The van der Waals surface area contributed by atoms with E-state index < -0.39 is 23.9 Å². The van der Waals surface area contributed by atoms with Crippen molar-refractivity contribution in [2.45, 2.75) is 19.2 Å². The van der Waals surface area contributed by atoms with E-state index >= 15 is 0 Å². The van der Waals surface area contributed by atoms with E-state index in [4.69, 9.17) is 5.26 Å². The zero-order chi connectivity index (χ0) is 19.1. The summed E-state index contributed by atoms with van der Waals surface area (Å²) in [5, 5.41) is 9.01. The monoisotopic (exact) mass is 368 g/mol. The number of nitrogens with zero attached hydrogens (tertiary/aromatic N) is 4. The molecule has 0 aliphatic heterocycles. The van der Waals surface area contributed by atoms with Crippen LogP contribution in [0.5, 0.6) is 5.75 Å². The summed E-state index contributed by atoms with van der Waals surface area (Å²) in [4.78, 5) is 7.59. The Labute approximate surface area is 143 Å². The van der Waals surface area contributed by atoms with E-state index in [2.05, 4.69) is 14.7 Å². The summed E-state index contributed by atoms with van der Waals surface area (Å²) in [5.41, 5.74) is 0.488. The number of hydrogen-bond donors (Lipinski definition) is 0. The molecule has 0 spiro atoms. The Morgan fingerprint density at radius 1 is 1.08 bits per heavy atom. The lowest BCUT2D eigenvalue weighted by Crippen LogP contribution is -2.16. The second kappa shape index (κ2) is 5.94. The topological polar surface area (TPSA) is 63.2 Å². The van der Waals surface area contributed by atoms with Gasteiger partial charge in [0.1, 0.15) is 11.8 Å². The molecule has 0 fully saturated rings. The third-order valence-electron chi connectivity index (χ3n) is 3.40. The molecule has 2 heterocycles. The highest BCUT2D eigenvalue weighted by atomic mass is 19.4. The zero-order valence-corrected chi connectivity index (χ0v) is 13.1. The van der Waals surface area contributed by atoms with Crippen molar-refractivity contribution < 1.29 is 26.7 Å². The lowest BCUT2D eigenvalue weighted by molar-refractivity contribution is -0.274. The molecule has 0 aliphatic rings. The quantitative estimate of drug-likeness (QED) is 0.648.